The molecule has 7 heteroatoms. The first kappa shape index (κ1) is 17.9. The molecule has 0 aliphatic carbocycles. The van der Waals surface area contributed by atoms with Gasteiger partial charge in [-0.15, -0.1) is 0 Å². The number of hydrogen-bond acceptors (Lipinski definition) is 4. The van der Waals surface area contributed by atoms with Gasteiger partial charge in [0, 0.05) is 19.0 Å². The lowest BCUT2D eigenvalue weighted by molar-refractivity contribution is -0.126. The molecule has 1 atom stereocenters. The number of hydrogen-bond donors (Lipinski definition) is 1. The maximum Gasteiger partial charge on any atom is 0.242 e. The Bertz CT molecular complexity index is 621. The molecule has 1 N–H and O–H groups in total. The second kappa shape index (κ2) is 7.99. The van der Waals surface area contributed by atoms with Crippen LogP contribution in [0.15, 0.2) is 6.07 Å². The van der Waals surface area contributed by atoms with Gasteiger partial charge in [-0.1, -0.05) is 6.42 Å². The largest absolute Gasteiger partial charge is 0.354 e. The molecule has 1 aromatic heterocycles. The van der Waals surface area contributed by atoms with Crippen LogP contribution in [0, 0.1) is 6.92 Å². The van der Waals surface area contributed by atoms with E-state index in [-0.39, 0.29) is 11.8 Å². The summed E-state index contributed by atoms with van der Waals surface area (Å²) in [6.07, 6.45) is 5.25. The predicted molar refractivity (Wildman–Crippen MR) is 96.4 cm³/mol. The smallest absolute Gasteiger partial charge is 0.242 e. The normalized spacial score (nSPS) is 19.6. The molecule has 3 rings (SSSR count). The minimum absolute atomic E-state index is 0.0108. The van der Waals surface area contributed by atoms with Crippen LogP contribution in [0.2, 0.25) is 0 Å². The van der Waals surface area contributed by atoms with E-state index >= 15 is 0 Å². The van der Waals surface area contributed by atoms with E-state index in [1.165, 1.54) is 32.4 Å². The maximum atomic E-state index is 12.5. The van der Waals surface area contributed by atoms with Gasteiger partial charge in [0.15, 0.2) is 0 Å². The molecule has 0 radical (unpaired) electrons. The number of fused-ring (bicyclic) bond motifs is 1. The summed E-state index contributed by atoms with van der Waals surface area (Å²) < 4.78 is 1.82. The van der Waals surface area contributed by atoms with Crippen molar-refractivity contribution < 1.29 is 9.59 Å². The molecule has 2 aliphatic rings. The van der Waals surface area contributed by atoms with Gasteiger partial charge in [0.1, 0.15) is 11.9 Å². The van der Waals surface area contributed by atoms with Crippen LogP contribution in [0.4, 0.5) is 5.82 Å². The number of anilines is 1. The Hall–Kier alpha value is -1.89. The second-order valence-electron chi connectivity index (χ2n) is 7.10. The Balaban J connectivity index is 1.50. The van der Waals surface area contributed by atoms with Crippen LogP contribution in [0.1, 0.15) is 44.7 Å². The Labute approximate surface area is 149 Å². The van der Waals surface area contributed by atoms with Gasteiger partial charge in [0.05, 0.1) is 12.2 Å². The summed E-state index contributed by atoms with van der Waals surface area (Å²) in [5, 5.41) is 7.38. The molecule has 0 spiro atoms. The van der Waals surface area contributed by atoms with Crippen molar-refractivity contribution in [1.82, 2.24) is 20.0 Å². The number of piperidine rings is 1. The van der Waals surface area contributed by atoms with Crippen molar-refractivity contribution in [3.05, 3.63) is 11.8 Å². The Morgan fingerprint density at radius 3 is 2.80 bits per heavy atom. The first-order valence-corrected chi connectivity index (χ1v) is 9.43. The number of carbonyl (C=O) groups is 2. The van der Waals surface area contributed by atoms with Gasteiger partial charge >= 0.3 is 0 Å². The fourth-order valence-corrected chi connectivity index (χ4v) is 3.72. The zero-order valence-corrected chi connectivity index (χ0v) is 15.3. The van der Waals surface area contributed by atoms with Gasteiger partial charge in [-0.2, -0.15) is 5.10 Å². The molecular weight excluding hydrogens is 318 g/mol. The maximum absolute atomic E-state index is 12.5. The Kier molecular flexibility index (Phi) is 5.73. The molecule has 1 saturated heterocycles. The van der Waals surface area contributed by atoms with Crippen LogP contribution in [-0.4, -0.2) is 58.7 Å². The molecule has 1 fully saturated rings. The number of rotatable bonds is 6. The molecule has 2 amide bonds. The van der Waals surface area contributed by atoms with Gasteiger partial charge in [-0.05, 0) is 52.7 Å². The van der Waals surface area contributed by atoms with E-state index < -0.39 is 6.04 Å². The summed E-state index contributed by atoms with van der Waals surface area (Å²) >= 11 is 0. The van der Waals surface area contributed by atoms with E-state index in [9.17, 15) is 9.59 Å². The van der Waals surface area contributed by atoms with Crippen LogP contribution in [0.25, 0.3) is 0 Å². The van der Waals surface area contributed by atoms with E-state index in [1.54, 1.807) is 11.8 Å². The summed E-state index contributed by atoms with van der Waals surface area (Å²) in [7, 11) is 0. The molecule has 0 bridgehead atoms. The lowest BCUT2D eigenvalue weighted by Crippen LogP contribution is -2.51. The number of carbonyl (C=O) groups excluding carboxylic acids is 2. The fraction of sp³-hybridized carbons (Fsp3) is 0.722. The van der Waals surface area contributed by atoms with Gasteiger partial charge < -0.3 is 10.2 Å². The number of nitrogens with one attached hydrogen (secondary N) is 1. The molecule has 0 aromatic carbocycles. The average molecular weight is 347 g/mol. The minimum atomic E-state index is -0.516. The summed E-state index contributed by atoms with van der Waals surface area (Å²) in [4.78, 5) is 28.9. The van der Waals surface area contributed by atoms with Crippen molar-refractivity contribution in [3.8, 4) is 0 Å². The number of amides is 2. The van der Waals surface area contributed by atoms with Gasteiger partial charge in [0.25, 0.3) is 0 Å². The van der Waals surface area contributed by atoms with E-state index in [2.05, 4.69) is 15.3 Å². The Morgan fingerprint density at radius 2 is 2.04 bits per heavy atom. The number of aryl methyl sites for hydroxylation is 2. The summed E-state index contributed by atoms with van der Waals surface area (Å²) in [6, 6.07) is 1.36. The molecule has 0 unspecified atom stereocenters. The fourth-order valence-electron chi connectivity index (χ4n) is 3.72. The van der Waals surface area contributed by atoms with Crippen molar-refractivity contribution in [2.45, 2.75) is 58.5 Å². The van der Waals surface area contributed by atoms with E-state index in [1.807, 2.05) is 17.7 Å². The SMILES string of the molecule is Cc1cc2n(n1)CCC(=O)N2[C@H](C)C(=O)NCCCN1CCCCC1. The van der Waals surface area contributed by atoms with Crippen LogP contribution < -0.4 is 10.2 Å². The van der Waals surface area contributed by atoms with Crippen molar-refractivity contribution in [2.75, 3.05) is 31.1 Å². The molecular formula is C18H29N5O2. The predicted octanol–water partition coefficient (Wildman–Crippen LogP) is 1.31. The third-order valence-electron chi connectivity index (χ3n) is 5.10. The highest BCUT2D eigenvalue weighted by atomic mass is 16.2. The van der Waals surface area contributed by atoms with Crippen LogP contribution in [0.5, 0.6) is 0 Å². The van der Waals surface area contributed by atoms with Crippen molar-refractivity contribution in [1.29, 1.82) is 0 Å². The summed E-state index contributed by atoms with van der Waals surface area (Å²) in [6.45, 7) is 8.31. The quantitative estimate of drug-likeness (QED) is 0.788. The third-order valence-corrected chi connectivity index (χ3v) is 5.10. The van der Waals surface area contributed by atoms with Crippen LogP contribution in [0.3, 0.4) is 0 Å². The van der Waals surface area contributed by atoms with Gasteiger partial charge in [-0.25, -0.2) is 4.68 Å². The first-order valence-electron chi connectivity index (χ1n) is 9.43. The highest BCUT2D eigenvalue weighted by Crippen LogP contribution is 2.24. The second-order valence-corrected chi connectivity index (χ2v) is 7.10. The lowest BCUT2D eigenvalue weighted by atomic mass is 10.1. The van der Waals surface area contributed by atoms with Crippen molar-refractivity contribution in [2.24, 2.45) is 0 Å². The van der Waals surface area contributed by atoms with E-state index in [0.717, 1.165) is 24.5 Å². The highest BCUT2D eigenvalue weighted by molar-refractivity contribution is 6.00. The zero-order valence-electron chi connectivity index (χ0n) is 15.3. The number of nitrogens with zero attached hydrogens (tertiary/aromatic N) is 4. The van der Waals surface area contributed by atoms with E-state index in [0.29, 0.717) is 19.5 Å². The van der Waals surface area contributed by atoms with Crippen molar-refractivity contribution >= 4 is 17.6 Å². The van der Waals surface area contributed by atoms with Gasteiger partial charge in [0.2, 0.25) is 11.8 Å². The zero-order chi connectivity index (χ0) is 17.8. The number of aromatic nitrogens is 2. The number of likely N-dealkylation sites (tertiary alicyclic amines) is 1. The van der Waals surface area contributed by atoms with Crippen LogP contribution in [-0.2, 0) is 16.1 Å². The van der Waals surface area contributed by atoms with Gasteiger partial charge in [-0.3, -0.25) is 14.5 Å². The summed E-state index contributed by atoms with van der Waals surface area (Å²) in [5.41, 5.74) is 0.865. The average Bonchev–Trinajstić information content (AvgIpc) is 2.99. The molecule has 7 nitrogen and oxygen atoms in total. The molecule has 25 heavy (non-hydrogen) atoms. The Morgan fingerprint density at radius 1 is 1.28 bits per heavy atom. The van der Waals surface area contributed by atoms with Crippen LogP contribution >= 0.6 is 0 Å². The monoisotopic (exact) mass is 347 g/mol. The third kappa shape index (κ3) is 4.21. The topological polar surface area (TPSA) is 70.5 Å². The molecule has 3 heterocycles. The molecule has 0 saturated carbocycles. The van der Waals surface area contributed by atoms with E-state index in [4.69, 9.17) is 0 Å². The highest BCUT2D eigenvalue weighted by Gasteiger charge is 2.32. The molecule has 2 aliphatic heterocycles. The summed E-state index contributed by atoms with van der Waals surface area (Å²) in [5.74, 6) is 0.618. The lowest BCUT2D eigenvalue weighted by Gasteiger charge is -2.32. The standard InChI is InChI=1S/C18H29N5O2/c1-14-13-16-22(20-14)12-7-17(24)23(16)15(2)18(25)19-8-6-11-21-9-4-3-5-10-21/h13,15H,3-12H2,1-2H3,(H,19,25)/t15-/m1/s1. The molecule has 1 aromatic rings. The first-order chi connectivity index (χ1) is 12.1. The minimum Gasteiger partial charge on any atom is -0.354 e. The molecule has 138 valence electrons. The van der Waals surface area contributed by atoms with Crippen molar-refractivity contribution in [3.63, 3.8) is 0 Å².